The molecule has 4 aliphatic rings. The molecule has 0 aliphatic carbocycles. The number of hydrogen-bond acceptors (Lipinski definition) is 22. The van der Waals surface area contributed by atoms with Gasteiger partial charge in [0.05, 0.1) is 19.8 Å². The first kappa shape index (κ1) is 42.2. The number of carbonyl (C=O) groups is 1. The van der Waals surface area contributed by atoms with Crippen molar-refractivity contribution in [2.45, 2.75) is 137 Å². The summed E-state index contributed by atoms with van der Waals surface area (Å²) in [6.45, 7) is -0.298. The molecular weight excluding hydrogens is 700 g/mol. The van der Waals surface area contributed by atoms with Crippen molar-refractivity contribution in [1.29, 1.82) is 0 Å². The van der Waals surface area contributed by atoms with Crippen molar-refractivity contribution in [3.05, 3.63) is 11.6 Å². The zero-order chi connectivity index (χ0) is 37.9. The summed E-state index contributed by atoms with van der Waals surface area (Å²) in [6, 6.07) is 0. The predicted octanol–water partition coefficient (Wildman–Crippen LogP) is -8.23. The first-order valence-corrected chi connectivity index (χ1v) is 16.1. The van der Waals surface area contributed by atoms with Crippen molar-refractivity contribution < 1.29 is 109 Å². The van der Waals surface area contributed by atoms with E-state index >= 15 is 0 Å². The molecule has 0 bridgehead atoms. The van der Waals surface area contributed by atoms with E-state index in [1.165, 1.54) is 13.0 Å². The van der Waals surface area contributed by atoms with Crippen LogP contribution in [0.1, 0.15) is 13.8 Å². The molecular formula is C29H48O22. The largest absolute Gasteiger partial charge is 0.459 e. The maximum Gasteiger partial charge on any atom is 0.333 e. The van der Waals surface area contributed by atoms with Crippen molar-refractivity contribution in [3.8, 4) is 0 Å². The van der Waals surface area contributed by atoms with Gasteiger partial charge in [-0.3, -0.25) is 0 Å². The quantitative estimate of drug-likeness (QED) is 0.0651. The molecule has 4 rings (SSSR count). The van der Waals surface area contributed by atoms with Gasteiger partial charge in [-0.25, -0.2) is 4.79 Å². The standard InChI is InChI=1S/C29H48O22/c1-3-8(2)25(43)44-7-12-16(36)20(40)24(50-27-22(42)18(38)14(34)10(5-31)46-27)29(48-12)51-28-23(19(39)15(35)11(6-32)47-28)49-26-21(41)17(37)13(33)9(4-30)45-26/h3,9-24,26-42H,4-7H2,1-2H3. The molecule has 0 saturated carbocycles. The topological polar surface area (TPSA) is 354 Å². The number of allylic oxidation sites excluding steroid dienone is 1. The average molecular weight is 749 g/mol. The van der Waals surface area contributed by atoms with E-state index in [9.17, 15) is 71.2 Å². The Labute approximate surface area is 290 Å². The van der Waals surface area contributed by atoms with Gasteiger partial charge in [0, 0.05) is 5.57 Å². The first-order valence-electron chi connectivity index (χ1n) is 16.1. The van der Waals surface area contributed by atoms with Crippen molar-refractivity contribution in [2.75, 3.05) is 26.4 Å². The van der Waals surface area contributed by atoms with Crippen LogP contribution >= 0.6 is 0 Å². The third-order valence-corrected chi connectivity index (χ3v) is 9.15. The molecule has 20 atom stereocenters. The average Bonchev–Trinajstić information content (AvgIpc) is 3.12. The molecule has 13 N–H and O–H groups in total. The van der Waals surface area contributed by atoms with Crippen molar-refractivity contribution >= 4 is 5.97 Å². The number of hydrogen-bond donors (Lipinski definition) is 13. The molecule has 296 valence electrons. The number of carbonyl (C=O) groups excluding carboxylic acids is 1. The molecule has 0 amide bonds. The van der Waals surface area contributed by atoms with Crippen molar-refractivity contribution in [3.63, 3.8) is 0 Å². The fraction of sp³-hybridized carbons (Fsp3) is 0.897. The molecule has 4 saturated heterocycles. The Bertz CT molecular complexity index is 1140. The van der Waals surface area contributed by atoms with E-state index in [0.29, 0.717) is 0 Å². The van der Waals surface area contributed by atoms with Crippen LogP contribution in [0.4, 0.5) is 0 Å². The second-order valence-electron chi connectivity index (χ2n) is 12.5. The summed E-state index contributed by atoms with van der Waals surface area (Å²) in [5, 5.41) is 135. The lowest BCUT2D eigenvalue weighted by molar-refractivity contribution is -0.414. The zero-order valence-electron chi connectivity index (χ0n) is 27.4. The number of ether oxygens (including phenoxy) is 8. The van der Waals surface area contributed by atoms with E-state index in [2.05, 4.69) is 0 Å². The lowest BCUT2D eigenvalue weighted by Crippen LogP contribution is -2.67. The number of esters is 1. The summed E-state index contributed by atoms with van der Waals surface area (Å²) < 4.78 is 44.5. The Morgan fingerprint density at radius 1 is 0.510 bits per heavy atom. The van der Waals surface area contributed by atoms with Crippen LogP contribution in [0.5, 0.6) is 0 Å². The normalized spacial score (nSPS) is 48.3. The monoisotopic (exact) mass is 748 g/mol. The Kier molecular flexibility index (Phi) is 15.0. The van der Waals surface area contributed by atoms with Gasteiger partial charge in [0.25, 0.3) is 0 Å². The van der Waals surface area contributed by atoms with Crippen molar-refractivity contribution in [1.82, 2.24) is 0 Å². The SMILES string of the molecule is CC=C(C)C(=O)OCC1OC(OC2OC(CO)C(O)C(O)C2OC2OC(CO)C(O)C(O)C2O)C(OC2OC(CO)C(O)C(O)C2O)C(O)C1O. The smallest absolute Gasteiger partial charge is 0.333 e. The van der Waals surface area contributed by atoms with Crippen LogP contribution in [0.2, 0.25) is 0 Å². The minimum atomic E-state index is -2.06. The molecule has 0 aromatic carbocycles. The Morgan fingerprint density at radius 3 is 1.25 bits per heavy atom. The van der Waals surface area contributed by atoms with E-state index in [0.717, 1.165) is 0 Å². The predicted molar refractivity (Wildman–Crippen MR) is 157 cm³/mol. The summed E-state index contributed by atoms with van der Waals surface area (Å²) in [6.07, 6.45) is -35.7. The maximum absolute atomic E-state index is 12.3. The highest BCUT2D eigenvalue weighted by Crippen LogP contribution is 2.35. The van der Waals surface area contributed by atoms with Gasteiger partial charge in [-0.1, -0.05) is 6.08 Å². The zero-order valence-corrected chi connectivity index (χ0v) is 27.4. The molecule has 20 unspecified atom stereocenters. The highest BCUT2D eigenvalue weighted by atomic mass is 16.8. The van der Waals surface area contributed by atoms with Gasteiger partial charge in [-0.05, 0) is 13.8 Å². The second-order valence-corrected chi connectivity index (χ2v) is 12.5. The van der Waals surface area contributed by atoms with Gasteiger partial charge in [-0.15, -0.1) is 0 Å². The fourth-order valence-electron chi connectivity index (χ4n) is 5.80. The number of aliphatic hydroxyl groups excluding tert-OH is 13. The molecule has 22 heteroatoms. The second kappa shape index (κ2) is 18.2. The lowest BCUT2D eigenvalue weighted by atomic mass is 9.96. The Hall–Kier alpha value is -1.59. The number of rotatable bonds is 12. The molecule has 0 spiro atoms. The van der Waals surface area contributed by atoms with Gasteiger partial charge >= 0.3 is 5.97 Å². The summed E-state index contributed by atoms with van der Waals surface area (Å²) in [5.74, 6) is -0.813. The number of aliphatic hydroxyl groups is 13. The molecule has 0 aromatic heterocycles. The molecule has 0 aromatic rings. The van der Waals surface area contributed by atoms with E-state index in [1.54, 1.807) is 6.92 Å². The Balaban J connectivity index is 1.65. The van der Waals surface area contributed by atoms with Gasteiger partial charge in [0.1, 0.15) is 104 Å². The van der Waals surface area contributed by atoms with Gasteiger partial charge < -0.3 is 104 Å². The van der Waals surface area contributed by atoms with E-state index in [4.69, 9.17) is 37.9 Å². The third-order valence-electron chi connectivity index (χ3n) is 9.15. The van der Waals surface area contributed by atoms with Gasteiger partial charge in [-0.2, -0.15) is 0 Å². The lowest BCUT2D eigenvalue weighted by Gasteiger charge is -2.49. The van der Waals surface area contributed by atoms with E-state index in [1.807, 2.05) is 0 Å². The maximum atomic E-state index is 12.3. The molecule has 0 radical (unpaired) electrons. The van der Waals surface area contributed by atoms with Gasteiger partial charge in [0.2, 0.25) is 0 Å². The minimum absolute atomic E-state index is 0.184. The summed E-state index contributed by atoms with van der Waals surface area (Å²) >= 11 is 0. The van der Waals surface area contributed by atoms with Crippen LogP contribution in [0, 0.1) is 0 Å². The molecule has 4 fully saturated rings. The highest BCUT2D eigenvalue weighted by Gasteiger charge is 2.55. The van der Waals surface area contributed by atoms with Crippen molar-refractivity contribution in [2.24, 2.45) is 0 Å². The van der Waals surface area contributed by atoms with E-state index in [-0.39, 0.29) is 5.57 Å². The van der Waals surface area contributed by atoms with Crippen LogP contribution < -0.4 is 0 Å². The fourth-order valence-corrected chi connectivity index (χ4v) is 5.80. The van der Waals surface area contributed by atoms with Gasteiger partial charge in [0.15, 0.2) is 25.2 Å². The van der Waals surface area contributed by atoms with E-state index < -0.39 is 155 Å². The Morgan fingerprint density at radius 2 is 0.863 bits per heavy atom. The van der Waals surface area contributed by atoms with Crippen LogP contribution in [-0.4, -0.2) is 222 Å². The summed E-state index contributed by atoms with van der Waals surface area (Å²) in [5.41, 5.74) is 0.184. The van der Waals surface area contributed by atoms with Crippen LogP contribution in [-0.2, 0) is 42.7 Å². The highest BCUT2D eigenvalue weighted by molar-refractivity contribution is 5.87. The summed E-state index contributed by atoms with van der Waals surface area (Å²) in [4.78, 5) is 12.3. The van der Waals surface area contributed by atoms with Crippen LogP contribution in [0.15, 0.2) is 11.6 Å². The summed E-state index contributed by atoms with van der Waals surface area (Å²) in [7, 11) is 0. The molecule has 51 heavy (non-hydrogen) atoms. The molecule has 4 aliphatic heterocycles. The molecule has 22 nitrogen and oxygen atoms in total. The third kappa shape index (κ3) is 9.04. The van der Waals surface area contributed by atoms with Crippen LogP contribution in [0.3, 0.4) is 0 Å². The molecule has 4 heterocycles. The minimum Gasteiger partial charge on any atom is -0.459 e. The first-order chi connectivity index (χ1) is 24.1. The van der Waals surface area contributed by atoms with Crippen LogP contribution in [0.25, 0.3) is 0 Å².